The molecule has 144 valence electrons. The zero-order valence-electron chi connectivity index (χ0n) is 16.6. The number of aromatic nitrogens is 2. The molecule has 0 saturated heterocycles. The van der Waals surface area contributed by atoms with Crippen LogP contribution in [0.5, 0.6) is 0 Å². The van der Waals surface area contributed by atoms with Crippen LogP contribution in [0, 0.1) is 0 Å². The number of aliphatic imine (C=N–C) groups is 1. The van der Waals surface area contributed by atoms with Gasteiger partial charge in [0.05, 0.1) is 12.7 Å². The highest BCUT2D eigenvalue weighted by Crippen LogP contribution is 2.22. The molecule has 6 heteroatoms. The van der Waals surface area contributed by atoms with E-state index in [4.69, 9.17) is 4.42 Å². The van der Waals surface area contributed by atoms with Crippen LogP contribution in [0.25, 0.3) is 10.9 Å². The predicted molar refractivity (Wildman–Crippen MR) is 110 cm³/mol. The molecule has 6 nitrogen and oxygen atoms in total. The quantitative estimate of drug-likeness (QED) is 0.352. The van der Waals surface area contributed by atoms with Gasteiger partial charge in [-0.3, -0.25) is 4.99 Å². The Morgan fingerprint density at radius 1 is 1.22 bits per heavy atom. The molecular formula is C21H29N5O. The molecule has 0 unspecified atom stereocenters. The lowest BCUT2D eigenvalue weighted by atomic mass is 9.94. The Labute approximate surface area is 160 Å². The van der Waals surface area contributed by atoms with Crippen molar-refractivity contribution < 1.29 is 4.42 Å². The zero-order valence-corrected chi connectivity index (χ0v) is 16.6. The first kappa shape index (κ1) is 19.0. The number of nitrogens with zero attached hydrogens (tertiary/aromatic N) is 2. The van der Waals surface area contributed by atoms with Crippen LogP contribution in [-0.4, -0.2) is 29.5 Å². The molecule has 2 aromatic heterocycles. The van der Waals surface area contributed by atoms with Crippen molar-refractivity contribution in [3.63, 3.8) is 0 Å². The summed E-state index contributed by atoms with van der Waals surface area (Å²) in [5.74, 6) is 2.31. The van der Waals surface area contributed by atoms with E-state index < -0.39 is 0 Å². The minimum absolute atomic E-state index is 0.0342. The van der Waals surface area contributed by atoms with Gasteiger partial charge in [-0.15, -0.1) is 0 Å². The second-order valence-corrected chi connectivity index (χ2v) is 7.68. The summed E-state index contributed by atoms with van der Waals surface area (Å²) in [4.78, 5) is 11.9. The Morgan fingerprint density at radius 3 is 2.78 bits per heavy atom. The summed E-state index contributed by atoms with van der Waals surface area (Å²) in [5, 5.41) is 7.90. The fourth-order valence-electron chi connectivity index (χ4n) is 2.94. The number of nitrogens with one attached hydrogen (secondary N) is 3. The normalized spacial score (nSPS) is 12.5. The average Bonchev–Trinajstić information content (AvgIpc) is 3.28. The van der Waals surface area contributed by atoms with Gasteiger partial charge in [-0.2, -0.15) is 0 Å². The van der Waals surface area contributed by atoms with Gasteiger partial charge in [-0.05, 0) is 24.5 Å². The predicted octanol–water partition coefficient (Wildman–Crippen LogP) is 3.75. The van der Waals surface area contributed by atoms with Crippen LogP contribution in [-0.2, 0) is 18.4 Å². The number of oxazole rings is 1. The molecule has 2 heterocycles. The maximum Gasteiger partial charge on any atom is 0.213 e. The lowest BCUT2D eigenvalue weighted by molar-refractivity contribution is 0.379. The van der Waals surface area contributed by atoms with Crippen LogP contribution in [0.2, 0.25) is 0 Å². The molecule has 3 aromatic rings. The number of fused-ring (bicyclic) bond motifs is 1. The summed E-state index contributed by atoms with van der Waals surface area (Å²) < 4.78 is 5.80. The Morgan fingerprint density at radius 2 is 2.04 bits per heavy atom. The molecule has 0 aliphatic carbocycles. The number of hydrogen-bond acceptors (Lipinski definition) is 3. The van der Waals surface area contributed by atoms with Crippen molar-refractivity contribution in [2.75, 3.05) is 13.6 Å². The van der Waals surface area contributed by atoms with Crippen molar-refractivity contribution >= 4 is 16.9 Å². The molecule has 0 aliphatic heterocycles. The summed E-state index contributed by atoms with van der Waals surface area (Å²) >= 11 is 0. The maximum absolute atomic E-state index is 5.80. The van der Waals surface area contributed by atoms with Crippen LogP contribution >= 0.6 is 0 Å². The molecule has 0 radical (unpaired) electrons. The van der Waals surface area contributed by atoms with Crippen molar-refractivity contribution in [3.05, 3.63) is 53.9 Å². The number of benzene rings is 1. The van der Waals surface area contributed by atoms with E-state index in [0.29, 0.717) is 12.4 Å². The van der Waals surface area contributed by atoms with Gasteiger partial charge in [0.1, 0.15) is 5.76 Å². The number of aryl methyl sites for hydroxylation is 1. The van der Waals surface area contributed by atoms with Crippen molar-refractivity contribution in [2.45, 2.75) is 45.6 Å². The number of para-hydroxylation sites is 1. The second kappa shape index (κ2) is 8.29. The van der Waals surface area contributed by atoms with Gasteiger partial charge in [-0.25, -0.2) is 4.98 Å². The monoisotopic (exact) mass is 367 g/mol. The van der Waals surface area contributed by atoms with Crippen LogP contribution in [0.15, 0.2) is 46.1 Å². The van der Waals surface area contributed by atoms with Gasteiger partial charge >= 0.3 is 0 Å². The van der Waals surface area contributed by atoms with Crippen molar-refractivity contribution in [2.24, 2.45) is 4.99 Å². The fourth-order valence-corrected chi connectivity index (χ4v) is 2.94. The van der Waals surface area contributed by atoms with Crippen molar-refractivity contribution in [1.29, 1.82) is 0 Å². The SMILES string of the molecule is CN=C(NCCCc1c[nH]c2ccccc12)NCc1ncc(C(C)(C)C)o1. The van der Waals surface area contributed by atoms with E-state index in [1.807, 2.05) is 0 Å². The number of guanidine groups is 1. The summed E-state index contributed by atoms with van der Waals surface area (Å²) in [7, 11) is 1.77. The van der Waals surface area contributed by atoms with Crippen LogP contribution in [0.4, 0.5) is 0 Å². The molecule has 1 aromatic carbocycles. The van der Waals surface area contributed by atoms with Gasteiger partial charge in [-0.1, -0.05) is 39.0 Å². The molecule has 0 spiro atoms. The molecule has 0 aliphatic rings. The fraction of sp³-hybridized carbons (Fsp3) is 0.429. The number of hydrogen-bond donors (Lipinski definition) is 3. The van der Waals surface area contributed by atoms with E-state index in [1.165, 1.54) is 16.5 Å². The topological polar surface area (TPSA) is 78.2 Å². The minimum atomic E-state index is -0.0342. The largest absolute Gasteiger partial charge is 0.443 e. The molecular weight excluding hydrogens is 338 g/mol. The molecule has 3 rings (SSSR count). The first-order valence-corrected chi connectivity index (χ1v) is 9.42. The molecule has 27 heavy (non-hydrogen) atoms. The van der Waals surface area contributed by atoms with Crippen LogP contribution in [0.1, 0.15) is 44.4 Å². The zero-order chi connectivity index (χ0) is 19.3. The molecule has 3 N–H and O–H groups in total. The van der Waals surface area contributed by atoms with Gasteiger partial charge in [0.2, 0.25) is 5.89 Å². The molecule has 0 bridgehead atoms. The van der Waals surface area contributed by atoms with E-state index in [1.54, 1.807) is 13.2 Å². The second-order valence-electron chi connectivity index (χ2n) is 7.68. The standard InChI is InChI=1S/C21H29N5O/c1-21(2,3)18-13-25-19(27-18)14-26-20(22-4)23-11-7-8-15-12-24-17-10-6-5-9-16(15)17/h5-6,9-10,12-13,24H,7-8,11,14H2,1-4H3,(H2,22,23,26). The first-order chi connectivity index (χ1) is 13.0. The number of rotatable bonds is 6. The lowest BCUT2D eigenvalue weighted by Gasteiger charge is -2.13. The van der Waals surface area contributed by atoms with E-state index >= 15 is 0 Å². The third-order valence-corrected chi connectivity index (χ3v) is 4.51. The highest BCUT2D eigenvalue weighted by atomic mass is 16.4. The molecule has 0 amide bonds. The van der Waals surface area contributed by atoms with E-state index in [9.17, 15) is 0 Å². The van der Waals surface area contributed by atoms with E-state index in [-0.39, 0.29) is 5.41 Å². The Hall–Kier alpha value is -2.76. The third-order valence-electron chi connectivity index (χ3n) is 4.51. The first-order valence-electron chi connectivity index (χ1n) is 9.42. The summed E-state index contributed by atoms with van der Waals surface area (Å²) in [6, 6.07) is 8.41. The molecule has 0 atom stereocenters. The van der Waals surface area contributed by atoms with Gasteiger partial charge < -0.3 is 20.0 Å². The maximum atomic E-state index is 5.80. The van der Waals surface area contributed by atoms with E-state index in [0.717, 1.165) is 31.1 Å². The number of aromatic amines is 1. The summed E-state index contributed by atoms with van der Waals surface area (Å²) in [6.45, 7) is 7.69. The summed E-state index contributed by atoms with van der Waals surface area (Å²) in [5.41, 5.74) is 2.51. The average molecular weight is 367 g/mol. The van der Waals surface area contributed by atoms with Crippen molar-refractivity contribution in [3.8, 4) is 0 Å². The smallest absolute Gasteiger partial charge is 0.213 e. The van der Waals surface area contributed by atoms with Gasteiger partial charge in [0.25, 0.3) is 0 Å². The van der Waals surface area contributed by atoms with Crippen LogP contribution in [0.3, 0.4) is 0 Å². The summed E-state index contributed by atoms with van der Waals surface area (Å²) in [6.07, 6.45) is 5.94. The Balaban J connectivity index is 1.43. The Bertz CT molecular complexity index is 901. The highest BCUT2D eigenvalue weighted by Gasteiger charge is 2.19. The van der Waals surface area contributed by atoms with Gasteiger partial charge in [0, 0.05) is 36.1 Å². The highest BCUT2D eigenvalue weighted by molar-refractivity contribution is 5.83. The molecule has 0 fully saturated rings. The Kier molecular flexibility index (Phi) is 5.84. The van der Waals surface area contributed by atoms with Gasteiger partial charge in [0.15, 0.2) is 5.96 Å². The number of H-pyrrole nitrogens is 1. The van der Waals surface area contributed by atoms with E-state index in [2.05, 4.69) is 76.8 Å². The molecule has 0 saturated carbocycles. The third kappa shape index (κ3) is 4.90. The van der Waals surface area contributed by atoms with Crippen molar-refractivity contribution in [1.82, 2.24) is 20.6 Å². The lowest BCUT2D eigenvalue weighted by Crippen LogP contribution is -2.37. The van der Waals surface area contributed by atoms with Crippen LogP contribution < -0.4 is 10.6 Å². The minimum Gasteiger partial charge on any atom is -0.443 e.